The molecule has 35 heavy (non-hydrogen) atoms. The second-order valence-electron chi connectivity index (χ2n) is 9.10. The molecule has 1 fully saturated rings. The molecule has 3 aromatic rings. The molecule has 6 nitrogen and oxygen atoms in total. The zero-order valence-electron chi connectivity index (χ0n) is 20.5. The summed E-state index contributed by atoms with van der Waals surface area (Å²) < 4.78 is 6.01. The van der Waals surface area contributed by atoms with Gasteiger partial charge in [0.2, 0.25) is 0 Å². The van der Waals surface area contributed by atoms with Crippen LogP contribution in [0.2, 0.25) is 0 Å². The molecular formula is C29H30N2O4. The van der Waals surface area contributed by atoms with Crippen molar-refractivity contribution in [2.75, 3.05) is 27.2 Å². The highest BCUT2D eigenvalue weighted by atomic mass is 16.5. The van der Waals surface area contributed by atoms with E-state index in [0.717, 1.165) is 11.1 Å². The van der Waals surface area contributed by atoms with Crippen molar-refractivity contribution in [3.63, 3.8) is 0 Å². The van der Waals surface area contributed by atoms with E-state index in [1.54, 1.807) is 4.90 Å². The van der Waals surface area contributed by atoms with E-state index < -0.39 is 17.7 Å². The molecule has 1 unspecified atom stereocenters. The van der Waals surface area contributed by atoms with Crippen LogP contribution >= 0.6 is 0 Å². The molecule has 0 aliphatic carbocycles. The molecule has 0 spiro atoms. The minimum absolute atomic E-state index is 0.0966. The Morgan fingerprint density at radius 2 is 1.66 bits per heavy atom. The van der Waals surface area contributed by atoms with E-state index >= 15 is 0 Å². The Bertz CT molecular complexity index is 1280. The highest BCUT2D eigenvalue weighted by Crippen LogP contribution is 2.41. The number of hydrogen-bond acceptors (Lipinski definition) is 5. The monoisotopic (exact) mass is 470 g/mol. The van der Waals surface area contributed by atoms with Crippen LogP contribution in [0.3, 0.4) is 0 Å². The quantitative estimate of drug-likeness (QED) is 0.296. The molecule has 1 N–H and O–H groups in total. The van der Waals surface area contributed by atoms with Gasteiger partial charge in [0, 0.05) is 18.7 Å². The van der Waals surface area contributed by atoms with Gasteiger partial charge < -0.3 is 19.6 Å². The van der Waals surface area contributed by atoms with Crippen LogP contribution in [-0.2, 0) is 9.59 Å². The maximum atomic E-state index is 13.3. The molecule has 180 valence electrons. The van der Waals surface area contributed by atoms with Crippen LogP contribution in [0.25, 0.3) is 5.76 Å². The van der Waals surface area contributed by atoms with Gasteiger partial charge in [0.05, 0.1) is 11.6 Å². The third-order valence-electron chi connectivity index (χ3n) is 6.13. The number of aliphatic hydroxyl groups is 1. The maximum Gasteiger partial charge on any atom is 0.295 e. The van der Waals surface area contributed by atoms with Crippen molar-refractivity contribution >= 4 is 17.4 Å². The van der Waals surface area contributed by atoms with Gasteiger partial charge in [0.1, 0.15) is 17.3 Å². The Kier molecular flexibility index (Phi) is 7.03. The molecule has 0 saturated carbocycles. The van der Waals surface area contributed by atoms with Crippen LogP contribution in [0.5, 0.6) is 11.5 Å². The number of amides is 1. The molecule has 1 aliphatic rings. The van der Waals surface area contributed by atoms with Gasteiger partial charge in [0.25, 0.3) is 11.7 Å². The average Bonchev–Trinajstić information content (AvgIpc) is 3.09. The van der Waals surface area contributed by atoms with Gasteiger partial charge in [-0.05, 0) is 69.4 Å². The summed E-state index contributed by atoms with van der Waals surface area (Å²) in [4.78, 5) is 29.9. The van der Waals surface area contributed by atoms with E-state index in [2.05, 4.69) is 0 Å². The minimum atomic E-state index is -0.728. The van der Waals surface area contributed by atoms with Crippen LogP contribution in [0, 0.1) is 13.8 Å². The first-order valence-electron chi connectivity index (χ1n) is 11.6. The van der Waals surface area contributed by atoms with Gasteiger partial charge >= 0.3 is 0 Å². The molecule has 1 saturated heterocycles. The first kappa shape index (κ1) is 24.2. The van der Waals surface area contributed by atoms with Gasteiger partial charge in [0.15, 0.2) is 0 Å². The zero-order chi connectivity index (χ0) is 25.1. The van der Waals surface area contributed by atoms with Crippen molar-refractivity contribution in [1.82, 2.24) is 9.80 Å². The molecule has 0 aromatic heterocycles. The zero-order valence-corrected chi connectivity index (χ0v) is 20.5. The fraction of sp³-hybridized carbons (Fsp3) is 0.241. The number of likely N-dealkylation sites (N-methyl/N-ethyl adjacent to an activating group) is 1. The standard InChI is InChI=1S/C29H30N2O4/c1-19-13-14-20(2)24(17-19)27(32)25-26(31(16-15-30(3)4)29(34)28(25)33)21-9-8-12-23(18-21)35-22-10-6-5-7-11-22/h5-14,17-18,26,32H,15-16H2,1-4H3. The second kappa shape index (κ2) is 10.2. The van der Waals surface area contributed by atoms with Crippen LogP contribution in [0.1, 0.15) is 28.3 Å². The predicted molar refractivity (Wildman–Crippen MR) is 136 cm³/mol. The van der Waals surface area contributed by atoms with Crippen molar-refractivity contribution in [1.29, 1.82) is 0 Å². The predicted octanol–water partition coefficient (Wildman–Crippen LogP) is 5.08. The minimum Gasteiger partial charge on any atom is -0.507 e. The number of para-hydroxylation sites is 1. The fourth-order valence-electron chi connectivity index (χ4n) is 4.27. The summed E-state index contributed by atoms with van der Waals surface area (Å²) in [6, 6.07) is 21.7. The normalized spacial score (nSPS) is 17.3. The number of hydrogen-bond donors (Lipinski definition) is 1. The summed E-state index contributed by atoms with van der Waals surface area (Å²) in [7, 11) is 3.83. The summed E-state index contributed by atoms with van der Waals surface area (Å²) in [5, 5.41) is 11.4. The summed E-state index contributed by atoms with van der Waals surface area (Å²) in [5.41, 5.74) is 3.13. The van der Waals surface area contributed by atoms with E-state index in [9.17, 15) is 14.7 Å². The van der Waals surface area contributed by atoms with Crippen LogP contribution in [-0.4, -0.2) is 53.8 Å². The summed E-state index contributed by atoms with van der Waals surface area (Å²) in [6.45, 7) is 4.72. The van der Waals surface area contributed by atoms with E-state index in [1.807, 2.05) is 106 Å². The fourth-order valence-corrected chi connectivity index (χ4v) is 4.27. The number of nitrogens with zero attached hydrogens (tertiary/aromatic N) is 2. The number of carbonyl (C=O) groups excluding carboxylic acids is 2. The third-order valence-corrected chi connectivity index (χ3v) is 6.13. The Labute approximate surface area is 206 Å². The van der Waals surface area contributed by atoms with E-state index in [-0.39, 0.29) is 11.3 Å². The van der Waals surface area contributed by atoms with E-state index in [4.69, 9.17) is 4.74 Å². The smallest absolute Gasteiger partial charge is 0.295 e. The summed E-state index contributed by atoms with van der Waals surface area (Å²) >= 11 is 0. The largest absolute Gasteiger partial charge is 0.507 e. The van der Waals surface area contributed by atoms with Crippen molar-refractivity contribution < 1.29 is 19.4 Å². The molecule has 3 aromatic carbocycles. The third kappa shape index (κ3) is 5.12. The van der Waals surface area contributed by atoms with Gasteiger partial charge in [-0.1, -0.05) is 48.0 Å². The summed E-state index contributed by atoms with van der Waals surface area (Å²) in [6.07, 6.45) is 0. The molecule has 4 rings (SSSR count). The molecule has 0 radical (unpaired) electrons. The molecule has 1 heterocycles. The number of carbonyl (C=O) groups is 2. The highest BCUT2D eigenvalue weighted by Gasteiger charge is 2.46. The van der Waals surface area contributed by atoms with Crippen molar-refractivity contribution in [2.45, 2.75) is 19.9 Å². The van der Waals surface area contributed by atoms with Gasteiger partial charge in [-0.2, -0.15) is 0 Å². The first-order valence-corrected chi connectivity index (χ1v) is 11.6. The van der Waals surface area contributed by atoms with E-state index in [0.29, 0.717) is 35.7 Å². The molecule has 1 atom stereocenters. The molecule has 1 amide bonds. The number of ether oxygens (including phenoxy) is 1. The lowest BCUT2D eigenvalue weighted by molar-refractivity contribution is -0.140. The van der Waals surface area contributed by atoms with Crippen molar-refractivity contribution in [3.05, 3.63) is 101 Å². The average molecular weight is 471 g/mol. The van der Waals surface area contributed by atoms with Crippen LogP contribution in [0.4, 0.5) is 0 Å². The van der Waals surface area contributed by atoms with Crippen molar-refractivity contribution in [3.8, 4) is 11.5 Å². The van der Waals surface area contributed by atoms with E-state index in [1.165, 1.54) is 0 Å². The van der Waals surface area contributed by atoms with Crippen LogP contribution < -0.4 is 4.74 Å². The van der Waals surface area contributed by atoms with Crippen molar-refractivity contribution in [2.24, 2.45) is 0 Å². The molecule has 0 bridgehead atoms. The number of rotatable bonds is 7. The topological polar surface area (TPSA) is 70.1 Å². The molecular weight excluding hydrogens is 440 g/mol. The number of benzene rings is 3. The Balaban J connectivity index is 1.83. The number of aryl methyl sites for hydroxylation is 2. The Morgan fingerprint density at radius 1 is 0.943 bits per heavy atom. The first-order chi connectivity index (χ1) is 16.8. The maximum absolute atomic E-state index is 13.3. The number of ketones is 1. The number of Topliss-reactive ketones (excluding diaryl/α,β-unsaturated/α-hetero) is 1. The SMILES string of the molecule is Cc1ccc(C)c(C(O)=C2C(=O)C(=O)N(CCN(C)C)C2c2cccc(Oc3ccccc3)c2)c1. The van der Waals surface area contributed by atoms with Gasteiger partial charge in [-0.3, -0.25) is 9.59 Å². The Morgan fingerprint density at radius 3 is 2.37 bits per heavy atom. The van der Waals surface area contributed by atoms with Gasteiger partial charge in [-0.15, -0.1) is 0 Å². The Hall–Kier alpha value is -3.90. The number of aliphatic hydroxyl groups excluding tert-OH is 1. The highest BCUT2D eigenvalue weighted by molar-refractivity contribution is 6.46. The lowest BCUT2D eigenvalue weighted by Crippen LogP contribution is -2.35. The lowest BCUT2D eigenvalue weighted by Gasteiger charge is -2.27. The lowest BCUT2D eigenvalue weighted by atomic mass is 9.93. The summed E-state index contributed by atoms with van der Waals surface area (Å²) in [5.74, 6) is -0.184. The molecule has 1 aliphatic heterocycles. The van der Waals surface area contributed by atoms with Crippen LogP contribution in [0.15, 0.2) is 78.4 Å². The number of likely N-dealkylation sites (tertiary alicyclic amines) is 1. The molecule has 6 heteroatoms. The second-order valence-corrected chi connectivity index (χ2v) is 9.10. The van der Waals surface area contributed by atoms with Gasteiger partial charge in [-0.25, -0.2) is 0 Å².